The lowest BCUT2D eigenvalue weighted by atomic mass is 10.1. The first-order valence-electron chi connectivity index (χ1n) is 10.9. The third-order valence-corrected chi connectivity index (χ3v) is 5.80. The summed E-state index contributed by atoms with van der Waals surface area (Å²) in [5.41, 5.74) is 3.34. The molecule has 4 rings (SSSR count). The molecule has 0 aromatic heterocycles. The summed E-state index contributed by atoms with van der Waals surface area (Å²) in [7, 11) is 0. The topological polar surface area (TPSA) is 47.9 Å². The highest BCUT2D eigenvalue weighted by Crippen LogP contribution is 2.35. The molecule has 1 fully saturated rings. The zero-order valence-electron chi connectivity index (χ0n) is 17.7. The fraction of sp³-hybridized carbons (Fsp3) is 0.333. The highest BCUT2D eigenvalue weighted by atomic mass is 16.6. The summed E-state index contributed by atoms with van der Waals surface area (Å²) in [5, 5.41) is 10.0. The van der Waals surface area contributed by atoms with E-state index in [0.29, 0.717) is 26.2 Å². The van der Waals surface area contributed by atoms with Gasteiger partial charge in [0.15, 0.2) is 0 Å². The molecule has 4 nitrogen and oxygen atoms in total. The second-order valence-electron chi connectivity index (χ2n) is 8.04. The Morgan fingerprint density at radius 2 is 1.00 bits per heavy atom. The molecule has 3 aromatic carbocycles. The van der Waals surface area contributed by atoms with E-state index in [1.807, 2.05) is 66.7 Å². The van der Waals surface area contributed by atoms with Crippen molar-refractivity contribution in [1.29, 1.82) is 0 Å². The molecule has 1 aliphatic carbocycles. The Morgan fingerprint density at radius 3 is 1.45 bits per heavy atom. The normalized spacial score (nSPS) is 23.1. The molecule has 4 atom stereocenters. The molecular formula is C27H30O4. The third kappa shape index (κ3) is 6.02. The van der Waals surface area contributed by atoms with Crippen molar-refractivity contribution in [2.45, 2.75) is 44.6 Å². The molecule has 1 aliphatic rings. The van der Waals surface area contributed by atoms with Gasteiger partial charge in [0.25, 0.3) is 0 Å². The number of hydrogen-bond donors (Lipinski definition) is 1. The lowest BCUT2D eigenvalue weighted by Crippen LogP contribution is -2.37. The standard InChI is InChI=1S/C27H30O4/c28-17-24-16-25(29-18-21-10-4-1-5-11-21)27(31-20-23-14-8-3-9-15-23)26(24)30-19-22-12-6-2-7-13-22/h1-15,24-28H,16-20H2/t24-,25-,26+,27+/m0/s1. The molecule has 4 heteroatoms. The van der Waals surface area contributed by atoms with Gasteiger partial charge in [0, 0.05) is 12.5 Å². The average Bonchev–Trinajstić information content (AvgIpc) is 3.18. The molecule has 0 unspecified atom stereocenters. The summed E-state index contributed by atoms with van der Waals surface area (Å²) in [4.78, 5) is 0. The van der Waals surface area contributed by atoms with Crippen molar-refractivity contribution in [2.24, 2.45) is 5.92 Å². The minimum absolute atomic E-state index is 0.0229. The molecule has 0 spiro atoms. The molecule has 0 aliphatic heterocycles. The first-order valence-corrected chi connectivity index (χ1v) is 10.9. The molecule has 3 aromatic rings. The van der Waals surface area contributed by atoms with Crippen molar-refractivity contribution >= 4 is 0 Å². The number of aliphatic hydroxyl groups excluding tert-OH is 1. The number of aliphatic hydroxyl groups is 1. The van der Waals surface area contributed by atoms with Crippen LogP contribution in [0.4, 0.5) is 0 Å². The lowest BCUT2D eigenvalue weighted by molar-refractivity contribution is -0.128. The number of rotatable bonds is 10. The van der Waals surface area contributed by atoms with Gasteiger partial charge < -0.3 is 19.3 Å². The lowest BCUT2D eigenvalue weighted by Gasteiger charge is -2.27. The van der Waals surface area contributed by atoms with Crippen LogP contribution in [-0.2, 0) is 34.0 Å². The maximum absolute atomic E-state index is 10.0. The van der Waals surface area contributed by atoms with E-state index in [1.54, 1.807) is 0 Å². The Labute approximate surface area is 184 Å². The van der Waals surface area contributed by atoms with Gasteiger partial charge in [-0.25, -0.2) is 0 Å². The van der Waals surface area contributed by atoms with Gasteiger partial charge in [0.05, 0.1) is 32.0 Å². The van der Waals surface area contributed by atoms with E-state index >= 15 is 0 Å². The van der Waals surface area contributed by atoms with E-state index in [4.69, 9.17) is 14.2 Å². The number of hydrogen-bond acceptors (Lipinski definition) is 4. The second-order valence-corrected chi connectivity index (χ2v) is 8.04. The van der Waals surface area contributed by atoms with Crippen LogP contribution in [0.15, 0.2) is 91.0 Å². The summed E-state index contributed by atoms with van der Waals surface area (Å²) in [6.07, 6.45) is 0.101. The quantitative estimate of drug-likeness (QED) is 0.516. The summed E-state index contributed by atoms with van der Waals surface area (Å²) in [6.45, 7) is 1.54. The van der Waals surface area contributed by atoms with E-state index in [1.165, 1.54) is 0 Å². The maximum atomic E-state index is 10.0. The van der Waals surface area contributed by atoms with Crippen LogP contribution in [-0.4, -0.2) is 30.0 Å². The average molecular weight is 419 g/mol. The molecule has 0 bridgehead atoms. The van der Waals surface area contributed by atoms with Crippen LogP contribution in [0.25, 0.3) is 0 Å². The Kier molecular flexibility index (Phi) is 7.86. The van der Waals surface area contributed by atoms with Crippen molar-refractivity contribution in [2.75, 3.05) is 6.61 Å². The van der Waals surface area contributed by atoms with Crippen LogP contribution in [0.2, 0.25) is 0 Å². The van der Waals surface area contributed by atoms with Gasteiger partial charge in [-0.3, -0.25) is 0 Å². The van der Waals surface area contributed by atoms with Gasteiger partial charge in [0.2, 0.25) is 0 Å². The molecule has 0 heterocycles. The van der Waals surface area contributed by atoms with Gasteiger partial charge in [-0.15, -0.1) is 0 Å². The third-order valence-electron chi connectivity index (χ3n) is 5.80. The molecule has 162 valence electrons. The van der Waals surface area contributed by atoms with Crippen molar-refractivity contribution in [3.05, 3.63) is 108 Å². The van der Waals surface area contributed by atoms with Gasteiger partial charge in [-0.1, -0.05) is 91.0 Å². The Morgan fingerprint density at radius 1 is 0.581 bits per heavy atom. The molecule has 1 saturated carbocycles. The Balaban J connectivity index is 1.46. The molecule has 0 saturated heterocycles. The number of benzene rings is 3. The Hall–Kier alpha value is -2.50. The monoisotopic (exact) mass is 418 g/mol. The van der Waals surface area contributed by atoms with Gasteiger partial charge in [-0.2, -0.15) is 0 Å². The van der Waals surface area contributed by atoms with Crippen LogP contribution in [0.3, 0.4) is 0 Å². The van der Waals surface area contributed by atoms with Gasteiger partial charge >= 0.3 is 0 Å². The molecule has 1 N–H and O–H groups in total. The van der Waals surface area contributed by atoms with Crippen molar-refractivity contribution in [3.8, 4) is 0 Å². The largest absolute Gasteiger partial charge is 0.396 e. The predicted octanol–water partition coefficient (Wildman–Crippen LogP) is 4.75. The fourth-order valence-electron chi connectivity index (χ4n) is 4.13. The zero-order valence-corrected chi connectivity index (χ0v) is 17.7. The zero-order chi connectivity index (χ0) is 21.3. The first-order chi connectivity index (χ1) is 15.3. The summed E-state index contributed by atoms with van der Waals surface area (Å²) < 4.78 is 19.0. The van der Waals surface area contributed by atoms with Crippen molar-refractivity contribution < 1.29 is 19.3 Å². The van der Waals surface area contributed by atoms with Crippen LogP contribution in [0, 0.1) is 5.92 Å². The first kappa shape index (κ1) is 21.7. The fourth-order valence-corrected chi connectivity index (χ4v) is 4.13. The van der Waals surface area contributed by atoms with Crippen LogP contribution in [0.5, 0.6) is 0 Å². The van der Waals surface area contributed by atoms with E-state index in [-0.39, 0.29) is 30.8 Å². The van der Waals surface area contributed by atoms with E-state index in [9.17, 15) is 5.11 Å². The molecule has 31 heavy (non-hydrogen) atoms. The summed E-state index contributed by atoms with van der Waals surface area (Å²) in [5.74, 6) is -0.0229. The van der Waals surface area contributed by atoms with Gasteiger partial charge in [0.1, 0.15) is 6.10 Å². The highest BCUT2D eigenvalue weighted by molar-refractivity contribution is 5.15. The second kappa shape index (κ2) is 11.2. The smallest absolute Gasteiger partial charge is 0.111 e. The predicted molar refractivity (Wildman–Crippen MR) is 120 cm³/mol. The maximum Gasteiger partial charge on any atom is 0.111 e. The Bertz CT molecular complexity index is 885. The minimum atomic E-state index is -0.246. The van der Waals surface area contributed by atoms with Crippen molar-refractivity contribution in [3.63, 3.8) is 0 Å². The number of ether oxygens (including phenoxy) is 3. The van der Waals surface area contributed by atoms with Crippen LogP contribution in [0.1, 0.15) is 23.1 Å². The highest BCUT2D eigenvalue weighted by Gasteiger charge is 2.45. The van der Waals surface area contributed by atoms with Crippen molar-refractivity contribution in [1.82, 2.24) is 0 Å². The summed E-state index contributed by atoms with van der Waals surface area (Å²) in [6, 6.07) is 30.4. The van der Waals surface area contributed by atoms with E-state index in [0.717, 1.165) is 16.7 Å². The molecule has 0 amide bonds. The molecular weight excluding hydrogens is 388 g/mol. The van der Waals surface area contributed by atoms with Crippen LogP contribution >= 0.6 is 0 Å². The van der Waals surface area contributed by atoms with E-state index < -0.39 is 0 Å². The summed E-state index contributed by atoms with van der Waals surface area (Å²) >= 11 is 0. The molecule has 0 radical (unpaired) electrons. The van der Waals surface area contributed by atoms with Crippen LogP contribution < -0.4 is 0 Å². The van der Waals surface area contributed by atoms with Gasteiger partial charge in [-0.05, 0) is 23.1 Å². The minimum Gasteiger partial charge on any atom is -0.396 e. The van der Waals surface area contributed by atoms with E-state index in [2.05, 4.69) is 24.3 Å². The SMILES string of the molecule is OC[C@@H]1C[C@H](OCc2ccccc2)[C@@H](OCc2ccccc2)[C@@H]1OCc1ccccc1.